The van der Waals surface area contributed by atoms with Gasteiger partial charge in [-0.05, 0) is 38.3 Å². The molecule has 3 atom stereocenters. The van der Waals surface area contributed by atoms with Crippen molar-refractivity contribution >= 4 is 21.4 Å². The van der Waals surface area contributed by atoms with Gasteiger partial charge in [-0.25, -0.2) is 8.42 Å². The van der Waals surface area contributed by atoms with Crippen LogP contribution in [-0.4, -0.2) is 25.7 Å². The Labute approximate surface area is 112 Å². The highest BCUT2D eigenvalue weighted by Crippen LogP contribution is 2.49. The lowest BCUT2D eigenvalue weighted by Crippen LogP contribution is -2.41. The van der Waals surface area contributed by atoms with Gasteiger partial charge in [0.1, 0.15) is 0 Å². The minimum Gasteiger partial charge on any atom is -0.294 e. The fourth-order valence-corrected chi connectivity index (χ4v) is 5.94. The molecule has 3 aliphatic rings. The molecule has 4 nitrogen and oxygen atoms in total. The number of rotatable bonds is 0. The van der Waals surface area contributed by atoms with E-state index in [1.165, 1.54) is 6.08 Å². The number of carbonyl (C=O) groups is 2. The molecule has 1 fully saturated rings. The summed E-state index contributed by atoms with van der Waals surface area (Å²) in [4.78, 5) is 24.9. The van der Waals surface area contributed by atoms with E-state index in [-0.39, 0.29) is 29.2 Å². The lowest BCUT2D eigenvalue weighted by Gasteiger charge is -2.37. The van der Waals surface area contributed by atoms with Crippen molar-refractivity contribution < 1.29 is 18.0 Å². The van der Waals surface area contributed by atoms with Crippen LogP contribution in [0.2, 0.25) is 0 Å². The zero-order valence-electron chi connectivity index (χ0n) is 11.0. The molecular formula is C14H16O4S. The smallest absolute Gasteiger partial charge is 0.174 e. The number of hydrogen-bond donors (Lipinski definition) is 0. The van der Waals surface area contributed by atoms with Gasteiger partial charge in [0.25, 0.3) is 0 Å². The third-order valence-electron chi connectivity index (χ3n) is 4.60. The van der Waals surface area contributed by atoms with Crippen molar-refractivity contribution in [2.75, 3.05) is 5.75 Å². The number of fused-ring (bicyclic) bond motifs is 3. The van der Waals surface area contributed by atoms with Crippen LogP contribution in [0.15, 0.2) is 22.1 Å². The maximum absolute atomic E-state index is 12.3. The summed E-state index contributed by atoms with van der Waals surface area (Å²) in [5, 5.41) is 0. The summed E-state index contributed by atoms with van der Waals surface area (Å²) in [5.41, 5.74) is 1.24. The van der Waals surface area contributed by atoms with Crippen molar-refractivity contribution in [3.05, 3.63) is 22.1 Å². The Bertz CT molecular complexity index is 651. The maximum Gasteiger partial charge on any atom is 0.174 e. The lowest BCUT2D eigenvalue weighted by atomic mass is 9.65. The summed E-state index contributed by atoms with van der Waals surface area (Å²) in [5.74, 6) is -1.03. The zero-order chi connectivity index (χ0) is 13.9. The van der Waals surface area contributed by atoms with E-state index >= 15 is 0 Å². The Morgan fingerprint density at radius 2 is 1.84 bits per heavy atom. The van der Waals surface area contributed by atoms with Crippen LogP contribution in [0, 0.1) is 17.8 Å². The molecule has 0 unspecified atom stereocenters. The van der Waals surface area contributed by atoms with Gasteiger partial charge >= 0.3 is 0 Å². The molecule has 19 heavy (non-hydrogen) atoms. The molecule has 0 N–H and O–H groups in total. The van der Waals surface area contributed by atoms with Crippen LogP contribution in [0.3, 0.4) is 0 Å². The Morgan fingerprint density at radius 3 is 2.53 bits per heavy atom. The van der Waals surface area contributed by atoms with Gasteiger partial charge in [-0.1, -0.05) is 5.57 Å². The fourth-order valence-electron chi connectivity index (χ4n) is 3.81. The number of carbonyl (C=O) groups excluding carboxylic acids is 2. The molecule has 0 bridgehead atoms. The average molecular weight is 280 g/mol. The van der Waals surface area contributed by atoms with Gasteiger partial charge in [0.05, 0.1) is 5.75 Å². The zero-order valence-corrected chi connectivity index (χ0v) is 11.8. The highest BCUT2D eigenvalue weighted by molar-refractivity contribution is 7.95. The molecule has 0 spiro atoms. The molecule has 3 rings (SSSR count). The molecule has 2 aliphatic carbocycles. The highest BCUT2D eigenvalue weighted by Gasteiger charge is 2.51. The van der Waals surface area contributed by atoms with Crippen LogP contribution in [0.4, 0.5) is 0 Å². The van der Waals surface area contributed by atoms with Crippen molar-refractivity contribution in [3.63, 3.8) is 0 Å². The first kappa shape index (κ1) is 12.8. The van der Waals surface area contributed by atoms with Crippen LogP contribution >= 0.6 is 0 Å². The summed E-state index contributed by atoms with van der Waals surface area (Å²) in [6, 6.07) is 0. The summed E-state index contributed by atoms with van der Waals surface area (Å²) < 4.78 is 24.2. The van der Waals surface area contributed by atoms with Gasteiger partial charge < -0.3 is 0 Å². The summed E-state index contributed by atoms with van der Waals surface area (Å²) >= 11 is 0. The molecular weight excluding hydrogens is 264 g/mol. The molecule has 1 aliphatic heterocycles. The first-order chi connectivity index (χ1) is 8.83. The van der Waals surface area contributed by atoms with Crippen molar-refractivity contribution in [1.82, 2.24) is 0 Å². The van der Waals surface area contributed by atoms with Crippen LogP contribution < -0.4 is 0 Å². The van der Waals surface area contributed by atoms with E-state index in [0.717, 1.165) is 5.57 Å². The molecule has 1 saturated heterocycles. The molecule has 102 valence electrons. The quantitative estimate of drug-likeness (QED) is 0.673. The average Bonchev–Trinajstić information content (AvgIpc) is 2.63. The van der Waals surface area contributed by atoms with Crippen LogP contribution in [0.5, 0.6) is 0 Å². The third kappa shape index (κ3) is 1.67. The second-order valence-electron chi connectivity index (χ2n) is 5.79. The molecule has 0 saturated carbocycles. The SMILES string of the molecule is CC1=CC(=O)[C@@H]2CC(C)=C3[C@@H](CCS3(=O)=O)[C@@H]2C1=O. The number of sulfone groups is 1. The van der Waals surface area contributed by atoms with Gasteiger partial charge in [0.15, 0.2) is 21.4 Å². The maximum atomic E-state index is 12.3. The largest absolute Gasteiger partial charge is 0.294 e. The molecule has 1 heterocycles. The van der Waals surface area contributed by atoms with Gasteiger partial charge in [-0.15, -0.1) is 0 Å². The Balaban J connectivity index is 2.16. The van der Waals surface area contributed by atoms with Gasteiger partial charge in [-0.2, -0.15) is 0 Å². The Kier molecular flexibility index (Phi) is 2.61. The van der Waals surface area contributed by atoms with E-state index in [1.807, 2.05) is 0 Å². The monoisotopic (exact) mass is 280 g/mol. The minimum absolute atomic E-state index is 0.0233. The Morgan fingerprint density at radius 1 is 1.16 bits per heavy atom. The van der Waals surface area contributed by atoms with Gasteiger partial charge in [0, 0.05) is 22.7 Å². The predicted molar refractivity (Wildman–Crippen MR) is 70.0 cm³/mol. The second-order valence-corrected chi connectivity index (χ2v) is 7.87. The standard InChI is InChI=1S/C14H16O4S/c1-7-6-11(15)10-5-8(2)14-9(12(10)13(7)16)3-4-19(14,17)18/h6,9-10,12H,3-5H2,1-2H3/t9-,10-,12-/m0/s1. The second kappa shape index (κ2) is 3.88. The molecule has 5 heteroatoms. The van der Waals surface area contributed by atoms with Crippen LogP contribution in [-0.2, 0) is 19.4 Å². The predicted octanol–water partition coefficient (Wildman–Crippen LogP) is 1.43. The summed E-state index contributed by atoms with van der Waals surface area (Å²) in [6.07, 6.45) is 2.30. The molecule has 0 aromatic carbocycles. The lowest BCUT2D eigenvalue weighted by molar-refractivity contribution is -0.131. The Hall–Kier alpha value is -1.23. The van der Waals surface area contributed by atoms with Gasteiger partial charge in [-0.3, -0.25) is 9.59 Å². The minimum atomic E-state index is -3.21. The van der Waals surface area contributed by atoms with Crippen LogP contribution in [0.1, 0.15) is 26.7 Å². The van der Waals surface area contributed by atoms with E-state index < -0.39 is 15.8 Å². The molecule has 0 aromatic rings. The van der Waals surface area contributed by atoms with Crippen molar-refractivity contribution in [1.29, 1.82) is 0 Å². The number of hydrogen-bond acceptors (Lipinski definition) is 4. The van der Waals surface area contributed by atoms with E-state index in [9.17, 15) is 18.0 Å². The van der Waals surface area contributed by atoms with Crippen LogP contribution in [0.25, 0.3) is 0 Å². The molecule has 0 amide bonds. The summed E-state index contributed by atoms with van der Waals surface area (Å²) in [6.45, 7) is 3.43. The van der Waals surface area contributed by atoms with E-state index in [1.54, 1.807) is 13.8 Å². The van der Waals surface area contributed by atoms with Crippen molar-refractivity contribution in [2.45, 2.75) is 26.7 Å². The molecule has 0 radical (unpaired) electrons. The number of Topliss-reactive ketones (excluding diaryl/α,β-unsaturated/α-hetero) is 1. The van der Waals surface area contributed by atoms with E-state index in [4.69, 9.17) is 0 Å². The van der Waals surface area contributed by atoms with E-state index in [0.29, 0.717) is 23.3 Å². The van der Waals surface area contributed by atoms with Gasteiger partial charge in [0.2, 0.25) is 0 Å². The van der Waals surface area contributed by atoms with E-state index in [2.05, 4.69) is 0 Å². The summed E-state index contributed by atoms with van der Waals surface area (Å²) in [7, 11) is -3.21. The fraction of sp³-hybridized carbons (Fsp3) is 0.571. The topological polar surface area (TPSA) is 68.3 Å². The van der Waals surface area contributed by atoms with Crippen molar-refractivity contribution in [2.24, 2.45) is 17.8 Å². The molecule has 0 aromatic heterocycles. The number of allylic oxidation sites excluding steroid dienone is 4. The first-order valence-corrected chi connectivity index (χ1v) is 8.17. The first-order valence-electron chi connectivity index (χ1n) is 6.51. The normalized spacial score (nSPS) is 36.9. The number of ketones is 2. The highest BCUT2D eigenvalue weighted by atomic mass is 32.2. The van der Waals surface area contributed by atoms with Crippen molar-refractivity contribution in [3.8, 4) is 0 Å². The third-order valence-corrected chi connectivity index (χ3v) is 6.69.